The normalized spacial score (nSPS) is 17.3. The third-order valence-electron chi connectivity index (χ3n) is 3.54. The highest BCUT2D eigenvalue weighted by atomic mass is 79.9. The quantitative estimate of drug-likeness (QED) is 0.882. The highest BCUT2D eigenvalue weighted by Crippen LogP contribution is 2.38. The second kappa shape index (κ2) is 7.37. The molecule has 1 fully saturated rings. The van der Waals surface area contributed by atoms with Gasteiger partial charge in [0.2, 0.25) is 0 Å². The Morgan fingerprint density at radius 2 is 2.06 bits per heavy atom. The van der Waals surface area contributed by atoms with Crippen molar-refractivity contribution in [3.8, 4) is 5.75 Å². The Bertz CT molecular complexity index is 380. The fourth-order valence-electron chi connectivity index (χ4n) is 2.64. The van der Waals surface area contributed by atoms with E-state index in [-0.39, 0.29) is 18.4 Å². The first-order valence-electron chi connectivity index (χ1n) is 6.40. The Hall–Kier alpha value is -0.250. The van der Waals surface area contributed by atoms with E-state index in [9.17, 15) is 0 Å². The molecule has 1 aromatic carbocycles. The van der Waals surface area contributed by atoms with Crippen molar-refractivity contribution in [1.29, 1.82) is 0 Å². The van der Waals surface area contributed by atoms with Crippen LogP contribution in [0.4, 0.5) is 0 Å². The van der Waals surface area contributed by atoms with Gasteiger partial charge in [0.1, 0.15) is 5.75 Å². The summed E-state index contributed by atoms with van der Waals surface area (Å²) in [6.45, 7) is 2.69. The monoisotopic (exact) mass is 333 g/mol. The molecule has 0 amide bonds. The first-order valence-corrected chi connectivity index (χ1v) is 7.19. The molecule has 0 aliphatic heterocycles. The number of halogens is 2. The van der Waals surface area contributed by atoms with E-state index in [2.05, 4.69) is 22.0 Å². The van der Waals surface area contributed by atoms with E-state index in [0.717, 1.165) is 15.8 Å². The van der Waals surface area contributed by atoms with Gasteiger partial charge in [-0.3, -0.25) is 0 Å². The van der Waals surface area contributed by atoms with Crippen molar-refractivity contribution < 1.29 is 4.74 Å². The van der Waals surface area contributed by atoms with Crippen LogP contribution in [-0.2, 0) is 0 Å². The summed E-state index contributed by atoms with van der Waals surface area (Å²) in [6, 6.07) is 6.23. The Balaban J connectivity index is 0.00000162. The van der Waals surface area contributed by atoms with E-state index in [1.54, 1.807) is 0 Å². The molecule has 1 aromatic rings. The number of hydrogen-bond acceptors (Lipinski definition) is 2. The highest BCUT2D eigenvalue weighted by molar-refractivity contribution is 9.10. The maximum absolute atomic E-state index is 6.40. The molecule has 2 rings (SSSR count). The summed E-state index contributed by atoms with van der Waals surface area (Å²) < 4.78 is 6.75. The van der Waals surface area contributed by atoms with E-state index in [0.29, 0.717) is 12.5 Å². The third-order valence-corrected chi connectivity index (χ3v) is 4.03. The summed E-state index contributed by atoms with van der Waals surface area (Å²) in [5, 5.41) is 0. The largest absolute Gasteiger partial charge is 0.494 e. The van der Waals surface area contributed by atoms with Crippen molar-refractivity contribution in [3.05, 3.63) is 28.2 Å². The molecule has 0 saturated heterocycles. The number of ether oxygens (including phenoxy) is 1. The minimum Gasteiger partial charge on any atom is -0.494 e. The summed E-state index contributed by atoms with van der Waals surface area (Å²) >= 11 is 3.51. The maximum atomic E-state index is 6.40. The van der Waals surface area contributed by atoms with Crippen LogP contribution in [0.5, 0.6) is 5.75 Å². The van der Waals surface area contributed by atoms with Gasteiger partial charge in [0.15, 0.2) is 0 Å². The minimum atomic E-state index is 0. The molecule has 2 nitrogen and oxygen atoms in total. The van der Waals surface area contributed by atoms with Gasteiger partial charge in [-0.05, 0) is 43.9 Å². The second-order valence-electron chi connectivity index (χ2n) is 4.69. The Kier molecular flexibility index (Phi) is 6.47. The summed E-state index contributed by atoms with van der Waals surface area (Å²) in [5.74, 6) is 1.55. The van der Waals surface area contributed by atoms with Crippen LogP contribution in [0.2, 0.25) is 0 Å². The van der Waals surface area contributed by atoms with Crippen LogP contribution in [0.15, 0.2) is 22.7 Å². The lowest BCUT2D eigenvalue weighted by molar-refractivity contribution is 0.327. The molecule has 0 bridgehead atoms. The lowest BCUT2D eigenvalue weighted by Gasteiger charge is -2.22. The van der Waals surface area contributed by atoms with Gasteiger partial charge in [-0.2, -0.15) is 0 Å². The van der Waals surface area contributed by atoms with Crippen molar-refractivity contribution in [3.63, 3.8) is 0 Å². The molecule has 2 N–H and O–H groups in total. The standard InChI is InChI=1S/C14H20BrNO.ClH/c1-2-17-13-8-7-11(15)9-12(13)14(16)10-5-3-4-6-10;/h7-10,14H,2-6,16H2,1H3;1H/t14-;/m1./s1. The number of benzene rings is 1. The van der Waals surface area contributed by atoms with Crippen molar-refractivity contribution >= 4 is 28.3 Å². The van der Waals surface area contributed by atoms with Gasteiger partial charge in [-0.15, -0.1) is 12.4 Å². The van der Waals surface area contributed by atoms with Crippen LogP contribution < -0.4 is 10.5 Å². The first-order chi connectivity index (χ1) is 8.22. The molecule has 0 radical (unpaired) electrons. The van der Waals surface area contributed by atoms with E-state index < -0.39 is 0 Å². The SMILES string of the molecule is CCOc1ccc(Br)cc1[C@H](N)C1CCCC1.Cl. The Labute approximate surface area is 124 Å². The number of rotatable bonds is 4. The zero-order valence-corrected chi connectivity index (χ0v) is 13.1. The summed E-state index contributed by atoms with van der Waals surface area (Å²) in [7, 11) is 0. The number of nitrogens with two attached hydrogens (primary N) is 1. The van der Waals surface area contributed by atoms with E-state index in [1.807, 2.05) is 19.1 Å². The van der Waals surface area contributed by atoms with Crippen LogP contribution in [0, 0.1) is 5.92 Å². The molecule has 0 heterocycles. The average Bonchev–Trinajstić information content (AvgIpc) is 2.84. The van der Waals surface area contributed by atoms with Crippen molar-refractivity contribution in [1.82, 2.24) is 0 Å². The molecule has 0 spiro atoms. The fraction of sp³-hybridized carbons (Fsp3) is 0.571. The summed E-state index contributed by atoms with van der Waals surface area (Å²) in [6.07, 6.45) is 5.13. The minimum absolute atomic E-state index is 0. The Morgan fingerprint density at radius 1 is 1.39 bits per heavy atom. The third kappa shape index (κ3) is 3.62. The molecular weight excluding hydrogens is 314 g/mol. The first kappa shape index (κ1) is 15.8. The molecule has 1 aliphatic carbocycles. The molecule has 1 atom stereocenters. The van der Waals surface area contributed by atoms with Crippen LogP contribution in [0.1, 0.15) is 44.2 Å². The van der Waals surface area contributed by atoms with Crippen molar-refractivity contribution in [2.45, 2.75) is 38.6 Å². The summed E-state index contributed by atoms with van der Waals surface area (Å²) in [5.41, 5.74) is 7.55. The lowest BCUT2D eigenvalue weighted by Crippen LogP contribution is -2.20. The molecule has 1 saturated carbocycles. The molecule has 102 valence electrons. The molecule has 1 aliphatic rings. The van der Waals surface area contributed by atoms with Gasteiger partial charge in [0.25, 0.3) is 0 Å². The Morgan fingerprint density at radius 3 is 2.67 bits per heavy atom. The lowest BCUT2D eigenvalue weighted by atomic mass is 9.92. The molecule has 18 heavy (non-hydrogen) atoms. The fourth-order valence-corrected chi connectivity index (χ4v) is 3.02. The topological polar surface area (TPSA) is 35.2 Å². The zero-order chi connectivity index (χ0) is 12.3. The van der Waals surface area contributed by atoms with Gasteiger partial charge >= 0.3 is 0 Å². The predicted octanol–water partition coefficient (Wildman–Crippen LogP) is 4.46. The van der Waals surface area contributed by atoms with Gasteiger partial charge in [-0.25, -0.2) is 0 Å². The predicted molar refractivity (Wildman–Crippen MR) is 81.4 cm³/mol. The number of hydrogen-bond donors (Lipinski definition) is 1. The van der Waals surface area contributed by atoms with Crippen LogP contribution in [0.25, 0.3) is 0 Å². The molecule has 0 aromatic heterocycles. The van der Waals surface area contributed by atoms with Gasteiger partial charge < -0.3 is 10.5 Å². The molecule has 0 unspecified atom stereocenters. The van der Waals surface area contributed by atoms with E-state index in [1.165, 1.54) is 25.7 Å². The van der Waals surface area contributed by atoms with Gasteiger partial charge in [0.05, 0.1) is 6.61 Å². The van der Waals surface area contributed by atoms with Crippen LogP contribution >= 0.6 is 28.3 Å². The van der Waals surface area contributed by atoms with Crippen molar-refractivity contribution in [2.24, 2.45) is 11.7 Å². The molecular formula is C14H21BrClNO. The van der Waals surface area contributed by atoms with Gasteiger partial charge in [0, 0.05) is 16.1 Å². The summed E-state index contributed by atoms with van der Waals surface area (Å²) in [4.78, 5) is 0. The van der Waals surface area contributed by atoms with Crippen molar-refractivity contribution in [2.75, 3.05) is 6.61 Å². The van der Waals surface area contributed by atoms with E-state index in [4.69, 9.17) is 10.5 Å². The molecule has 4 heteroatoms. The smallest absolute Gasteiger partial charge is 0.124 e. The van der Waals surface area contributed by atoms with Gasteiger partial charge in [-0.1, -0.05) is 28.8 Å². The maximum Gasteiger partial charge on any atom is 0.124 e. The van der Waals surface area contributed by atoms with Crippen LogP contribution in [-0.4, -0.2) is 6.61 Å². The second-order valence-corrected chi connectivity index (χ2v) is 5.60. The zero-order valence-electron chi connectivity index (χ0n) is 10.7. The average molecular weight is 335 g/mol. The van der Waals surface area contributed by atoms with Crippen LogP contribution in [0.3, 0.4) is 0 Å². The highest BCUT2D eigenvalue weighted by Gasteiger charge is 2.25. The van der Waals surface area contributed by atoms with E-state index >= 15 is 0 Å².